The van der Waals surface area contributed by atoms with Gasteiger partial charge in [-0.3, -0.25) is 4.79 Å². The minimum absolute atomic E-state index is 0.231. The summed E-state index contributed by atoms with van der Waals surface area (Å²) in [6.45, 7) is 1.89. The second-order valence-electron chi connectivity index (χ2n) is 31.7. The number of hydrogen-bond acceptors (Lipinski definition) is 18. The summed E-state index contributed by atoms with van der Waals surface area (Å²) in [7, 11) is 0. The van der Waals surface area contributed by atoms with Gasteiger partial charge < -0.3 is 89.9 Å². The number of carbonyl (C=O) groups excluding carboxylic acids is 1. The van der Waals surface area contributed by atoms with Crippen molar-refractivity contribution in [2.45, 2.75) is 503 Å². The molecule has 0 aromatic rings. The number of carbonyl (C=O) groups is 1. The molecule has 3 fully saturated rings. The molecule has 3 aliphatic heterocycles. The van der Waals surface area contributed by atoms with Gasteiger partial charge in [-0.25, -0.2) is 0 Å². The lowest BCUT2D eigenvalue weighted by molar-refractivity contribution is -0.379. The number of rotatable bonds is 72. The van der Waals surface area contributed by atoms with Crippen LogP contribution in [0.2, 0.25) is 0 Å². The first kappa shape index (κ1) is 96.0. The van der Waals surface area contributed by atoms with Crippen molar-refractivity contribution in [2.24, 2.45) is 0 Å². The molecule has 3 rings (SSSR count). The van der Waals surface area contributed by atoms with E-state index in [4.69, 9.17) is 28.4 Å². The Morgan fingerprint density at radius 1 is 0.311 bits per heavy atom. The standard InChI is InChI=1S/C84H163NO18/c1-3-5-7-9-11-13-15-17-19-21-23-25-27-29-31-33-34-35-37-39-41-43-45-47-49-51-53-55-57-59-61-68(89)67(85-72(90)62-60-58-56-54-52-50-48-46-44-42-40-38-36-32-30-28-26-24-22-20-18-16-14-12-10-8-6-4-2)66-98-82-78(96)75(93)80(70(64-87)100-82)103-84-79(97)76(94)81(71(65-88)101-84)102-83-77(95)74(92)73(91)69(63-86)99-83/h67-71,73-84,86-89,91-97H,3-66H2,1-2H3,(H,85,90). The van der Waals surface area contributed by atoms with Crippen molar-refractivity contribution < 1.29 is 89.4 Å². The van der Waals surface area contributed by atoms with Crippen LogP contribution < -0.4 is 5.32 Å². The fourth-order valence-electron chi connectivity index (χ4n) is 15.4. The van der Waals surface area contributed by atoms with Gasteiger partial charge in [-0.1, -0.05) is 380 Å². The molecular weight excluding hydrogens is 1310 g/mol. The minimum Gasteiger partial charge on any atom is -0.394 e. The molecule has 1 amide bonds. The molecule has 612 valence electrons. The Bertz CT molecular complexity index is 1860. The Labute approximate surface area is 627 Å². The van der Waals surface area contributed by atoms with E-state index in [9.17, 15) is 61.0 Å². The lowest BCUT2D eigenvalue weighted by atomic mass is 9.96. The Kier molecular flexibility index (Phi) is 61.0. The van der Waals surface area contributed by atoms with Gasteiger partial charge in [0.2, 0.25) is 5.91 Å². The van der Waals surface area contributed by atoms with Crippen molar-refractivity contribution in [1.29, 1.82) is 0 Å². The zero-order valence-electron chi connectivity index (χ0n) is 65.8. The molecule has 19 nitrogen and oxygen atoms in total. The zero-order chi connectivity index (χ0) is 74.6. The normalized spacial score (nSPS) is 25.9. The highest BCUT2D eigenvalue weighted by Gasteiger charge is 2.54. The summed E-state index contributed by atoms with van der Waals surface area (Å²) in [4.78, 5) is 13.5. The average Bonchev–Trinajstić information content (AvgIpc) is 0.780. The zero-order valence-corrected chi connectivity index (χ0v) is 65.8. The summed E-state index contributed by atoms with van der Waals surface area (Å²) in [6, 6.07) is -0.884. The van der Waals surface area contributed by atoms with Gasteiger partial charge in [0, 0.05) is 6.42 Å². The fraction of sp³-hybridized carbons (Fsp3) is 0.988. The number of ether oxygens (including phenoxy) is 6. The quantitative estimate of drug-likeness (QED) is 0.0252. The third-order valence-corrected chi connectivity index (χ3v) is 22.4. The van der Waals surface area contributed by atoms with Crippen LogP contribution in [0.3, 0.4) is 0 Å². The number of amides is 1. The fourth-order valence-corrected chi connectivity index (χ4v) is 15.4. The highest BCUT2D eigenvalue weighted by atomic mass is 16.8. The summed E-state index contributed by atoms with van der Waals surface area (Å²) >= 11 is 0. The predicted molar refractivity (Wildman–Crippen MR) is 411 cm³/mol. The van der Waals surface area contributed by atoms with Crippen molar-refractivity contribution in [1.82, 2.24) is 5.32 Å². The van der Waals surface area contributed by atoms with Gasteiger partial charge in [-0.2, -0.15) is 0 Å². The van der Waals surface area contributed by atoms with Gasteiger partial charge in [-0.05, 0) is 12.8 Å². The van der Waals surface area contributed by atoms with Gasteiger partial charge in [0.05, 0.1) is 38.6 Å². The lowest BCUT2D eigenvalue weighted by Crippen LogP contribution is -2.66. The molecule has 103 heavy (non-hydrogen) atoms. The molecule has 0 radical (unpaired) electrons. The van der Waals surface area contributed by atoms with Crippen molar-refractivity contribution in [2.75, 3.05) is 26.4 Å². The molecule has 3 saturated heterocycles. The number of aliphatic hydroxyl groups is 11. The lowest BCUT2D eigenvalue weighted by Gasteiger charge is -2.48. The maximum atomic E-state index is 13.5. The van der Waals surface area contributed by atoms with E-state index >= 15 is 0 Å². The SMILES string of the molecule is CCCCCCCCCCCCCCCCCCCCCCCCCCCCCCCCC(O)C(COC1OC(CO)C(OC2OC(CO)C(OC3OC(CO)C(O)C(O)C3O)C(O)C2O)C(O)C1O)NC(=O)CCCCCCCCCCCCCCCCCCCCCCCCCCCCCC. The van der Waals surface area contributed by atoms with Gasteiger partial charge in [-0.15, -0.1) is 0 Å². The third-order valence-electron chi connectivity index (χ3n) is 22.4. The van der Waals surface area contributed by atoms with Crippen LogP contribution in [0.25, 0.3) is 0 Å². The number of nitrogens with one attached hydrogen (secondary N) is 1. The Morgan fingerprint density at radius 2 is 0.553 bits per heavy atom. The Balaban J connectivity index is 1.33. The molecule has 3 heterocycles. The van der Waals surface area contributed by atoms with Gasteiger partial charge in [0.1, 0.15) is 73.2 Å². The van der Waals surface area contributed by atoms with E-state index in [1.807, 2.05) is 0 Å². The maximum Gasteiger partial charge on any atom is 0.220 e. The van der Waals surface area contributed by atoms with Crippen molar-refractivity contribution >= 4 is 5.91 Å². The van der Waals surface area contributed by atoms with E-state index in [1.54, 1.807) is 0 Å². The van der Waals surface area contributed by atoms with Crippen LogP contribution in [0.1, 0.15) is 399 Å². The number of aliphatic hydroxyl groups excluding tert-OH is 11. The Hall–Kier alpha value is -1.21. The molecule has 0 aliphatic carbocycles. The van der Waals surface area contributed by atoms with E-state index < -0.39 is 124 Å². The summed E-state index contributed by atoms with van der Waals surface area (Å²) in [5.41, 5.74) is 0. The maximum absolute atomic E-state index is 13.5. The highest BCUT2D eigenvalue weighted by Crippen LogP contribution is 2.34. The molecule has 0 aromatic heterocycles. The first-order valence-electron chi connectivity index (χ1n) is 43.8. The van der Waals surface area contributed by atoms with E-state index in [1.165, 1.54) is 321 Å². The van der Waals surface area contributed by atoms with Crippen molar-refractivity contribution in [3.63, 3.8) is 0 Å². The van der Waals surface area contributed by atoms with Crippen molar-refractivity contribution in [3.05, 3.63) is 0 Å². The second-order valence-corrected chi connectivity index (χ2v) is 31.7. The van der Waals surface area contributed by atoms with E-state index in [-0.39, 0.29) is 18.9 Å². The van der Waals surface area contributed by atoms with Crippen LogP contribution in [-0.4, -0.2) is 193 Å². The first-order chi connectivity index (χ1) is 50.3. The molecule has 0 aromatic carbocycles. The van der Waals surface area contributed by atoms with Crippen LogP contribution in [-0.2, 0) is 33.2 Å². The van der Waals surface area contributed by atoms with Gasteiger partial charge in [0.15, 0.2) is 18.9 Å². The number of hydrogen-bond donors (Lipinski definition) is 12. The summed E-state index contributed by atoms with van der Waals surface area (Å²) in [5, 5.41) is 121. The second kappa shape index (κ2) is 65.5. The van der Waals surface area contributed by atoms with E-state index in [2.05, 4.69) is 19.2 Å². The van der Waals surface area contributed by atoms with E-state index in [0.717, 1.165) is 44.9 Å². The van der Waals surface area contributed by atoms with Crippen LogP contribution in [0.15, 0.2) is 0 Å². The predicted octanol–water partition coefficient (Wildman–Crippen LogP) is 15.7. The van der Waals surface area contributed by atoms with Crippen molar-refractivity contribution in [3.8, 4) is 0 Å². The topological polar surface area (TPSA) is 307 Å². The Morgan fingerprint density at radius 3 is 0.845 bits per heavy atom. The first-order valence-corrected chi connectivity index (χ1v) is 43.8. The molecule has 17 unspecified atom stereocenters. The molecule has 12 N–H and O–H groups in total. The monoisotopic (exact) mass is 1470 g/mol. The smallest absolute Gasteiger partial charge is 0.220 e. The third kappa shape index (κ3) is 45.0. The van der Waals surface area contributed by atoms with Crippen LogP contribution >= 0.6 is 0 Å². The molecule has 0 saturated carbocycles. The summed E-state index contributed by atoms with van der Waals surface area (Å²) in [5.74, 6) is -0.231. The van der Waals surface area contributed by atoms with E-state index in [0.29, 0.717) is 12.8 Å². The highest BCUT2D eigenvalue weighted by molar-refractivity contribution is 5.76. The molecule has 19 heteroatoms. The van der Waals surface area contributed by atoms with Crippen LogP contribution in [0.5, 0.6) is 0 Å². The largest absolute Gasteiger partial charge is 0.394 e. The molecule has 3 aliphatic rings. The average molecular weight is 1480 g/mol. The van der Waals surface area contributed by atoms with Crippen LogP contribution in [0, 0.1) is 0 Å². The molecule has 0 bridgehead atoms. The molecule has 0 spiro atoms. The molecule has 17 atom stereocenters. The number of unbranched alkanes of at least 4 members (excludes halogenated alkanes) is 56. The van der Waals surface area contributed by atoms with Gasteiger partial charge in [0.25, 0.3) is 0 Å². The molecular formula is C84H163NO18. The minimum atomic E-state index is -1.97. The summed E-state index contributed by atoms with van der Waals surface area (Å²) in [6.07, 6.45) is 50.7. The van der Waals surface area contributed by atoms with Gasteiger partial charge >= 0.3 is 0 Å². The summed E-state index contributed by atoms with van der Waals surface area (Å²) < 4.78 is 34.6. The van der Waals surface area contributed by atoms with Crippen LogP contribution in [0.4, 0.5) is 0 Å².